The number of hydrogen-bond acceptors (Lipinski definition) is 12. The number of nitrogens with zero attached hydrogens (tertiary/aromatic N) is 10. The van der Waals surface area contributed by atoms with E-state index in [0.29, 0.717) is 92.0 Å². The van der Waals surface area contributed by atoms with E-state index in [1.54, 1.807) is 60.2 Å². The fourth-order valence-electron chi connectivity index (χ4n) is 8.38. The van der Waals surface area contributed by atoms with Crippen molar-refractivity contribution in [3.63, 3.8) is 0 Å². The molecule has 8 aromatic rings. The minimum absolute atomic E-state index is 0.180. The van der Waals surface area contributed by atoms with E-state index in [0.717, 1.165) is 37.8 Å². The van der Waals surface area contributed by atoms with Crippen LogP contribution in [-0.2, 0) is 25.2 Å². The molecule has 22 heteroatoms. The molecular weight excluding hydrogens is 923 g/mol. The first-order chi connectivity index (χ1) is 33.6. The van der Waals surface area contributed by atoms with Gasteiger partial charge in [0.15, 0.2) is 11.3 Å². The predicted octanol–water partition coefficient (Wildman–Crippen LogP) is 8.81. The van der Waals surface area contributed by atoms with Gasteiger partial charge < -0.3 is 19.4 Å². The number of nitrogens with one attached hydrogen (secondary N) is 2. The van der Waals surface area contributed by atoms with Crippen LogP contribution in [0, 0.1) is 0 Å². The third-order valence-electron chi connectivity index (χ3n) is 12.3. The van der Waals surface area contributed by atoms with Crippen molar-refractivity contribution in [2.24, 2.45) is 0 Å². The molecule has 16 nitrogen and oxygen atoms in total. The van der Waals surface area contributed by atoms with Gasteiger partial charge in [-0.05, 0) is 86.1 Å². The molecule has 2 aliphatic rings. The highest BCUT2D eigenvalue weighted by molar-refractivity contribution is 5.79. The maximum Gasteiger partial charge on any atom is 0.433 e. The zero-order chi connectivity index (χ0) is 49.5. The fraction of sp³-hybridized carbons (Fsp3) is 0.375. The molecule has 0 unspecified atom stereocenters. The lowest BCUT2D eigenvalue weighted by Crippen LogP contribution is -2.17. The molecule has 364 valence electrons. The van der Waals surface area contributed by atoms with Gasteiger partial charge in [-0.1, -0.05) is 26.0 Å². The lowest BCUT2D eigenvalue weighted by atomic mass is 10.1. The molecule has 0 radical (unpaired) electrons. The number of ether oxygens (including phenoxy) is 2. The third-order valence-corrected chi connectivity index (χ3v) is 12.3. The van der Waals surface area contributed by atoms with Crippen molar-refractivity contribution in [3.05, 3.63) is 151 Å². The molecule has 10 rings (SSSR count). The maximum atomic E-state index is 13.1. The monoisotopic (exact) mass is 968 g/mol. The summed E-state index contributed by atoms with van der Waals surface area (Å²) in [5.41, 5.74) is 2.22. The zero-order valence-corrected chi connectivity index (χ0v) is 38.3. The molecule has 2 saturated carbocycles. The third kappa shape index (κ3) is 9.97. The Morgan fingerprint density at radius 3 is 1.27 bits per heavy atom. The van der Waals surface area contributed by atoms with Gasteiger partial charge in [0.25, 0.3) is 11.1 Å². The van der Waals surface area contributed by atoms with E-state index < -0.39 is 35.8 Å². The fourth-order valence-corrected chi connectivity index (χ4v) is 8.38. The van der Waals surface area contributed by atoms with Crippen LogP contribution in [0.3, 0.4) is 0 Å². The van der Waals surface area contributed by atoms with Crippen molar-refractivity contribution in [2.45, 2.75) is 101 Å². The summed E-state index contributed by atoms with van der Waals surface area (Å²) in [6, 6.07) is 11.0. The van der Waals surface area contributed by atoms with Crippen LogP contribution in [0.15, 0.2) is 82.9 Å². The smallest absolute Gasteiger partial charge is 0.433 e. The molecule has 0 aromatic carbocycles. The Bertz CT molecular complexity index is 3030. The molecule has 0 amide bonds. The van der Waals surface area contributed by atoms with Crippen LogP contribution in [-0.4, -0.2) is 73.7 Å². The topological polar surface area (TPSA) is 197 Å². The van der Waals surface area contributed by atoms with Crippen molar-refractivity contribution in [3.8, 4) is 11.5 Å². The molecule has 0 aliphatic heterocycles. The van der Waals surface area contributed by atoms with E-state index in [4.69, 9.17) is 29.6 Å². The second-order valence-corrected chi connectivity index (χ2v) is 17.2. The van der Waals surface area contributed by atoms with Gasteiger partial charge in [0, 0.05) is 48.5 Å². The summed E-state index contributed by atoms with van der Waals surface area (Å²) in [7, 11) is 3.11. The van der Waals surface area contributed by atoms with Crippen molar-refractivity contribution in [1.82, 2.24) is 59.4 Å². The molecular formula is C48H46F6N12O4. The van der Waals surface area contributed by atoms with Crippen LogP contribution in [0.1, 0.15) is 133 Å². The van der Waals surface area contributed by atoms with Crippen molar-refractivity contribution < 1.29 is 35.8 Å². The van der Waals surface area contributed by atoms with Gasteiger partial charge in [0.05, 0.1) is 50.1 Å². The number of H-pyrrole nitrogens is 2. The second-order valence-electron chi connectivity index (χ2n) is 17.2. The molecule has 8 aromatic heterocycles. The molecule has 2 fully saturated rings. The number of aromatic amines is 2. The van der Waals surface area contributed by atoms with E-state index in [1.807, 2.05) is 13.8 Å². The van der Waals surface area contributed by atoms with E-state index >= 15 is 0 Å². The Hall–Kier alpha value is -7.52. The molecule has 2 aliphatic carbocycles. The van der Waals surface area contributed by atoms with E-state index in [9.17, 15) is 35.9 Å². The Kier molecular flexibility index (Phi) is 13.0. The maximum absolute atomic E-state index is 13.1. The van der Waals surface area contributed by atoms with Crippen LogP contribution in [0.4, 0.5) is 26.3 Å². The van der Waals surface area contributed by atoms with Gasteiger partial charge in [-0.25, -0.2) is 19.3 Å². The van der Waals surface area contributed by atoms with Crippen molar-refractivity contribution in [2.75, 3.05) is 14.2 Å². The molecule has 2 N–H and O–H groups in total. The molecule has 70 heavy (non-hydrogen) atoms. The van der Waals surface area contributed by atoms with Crippen LogP contribution in [0.25, 0.3) is 22.1 Å². The van der Waals surface area contributed by atoms with E-state index in [1.165, 1.54) is 24.5 Å². The largest absolute Gasteiger partial charge is 0.495 e. The van der Waals surface area contributed by atoms with Crippen molar-refractivity contribution >= 4 is 22.1 Å². The van der Waals surface area contributed by atoms with Gasteiger partial charge in [-0.15, -0.1) is 0 Å². The number of rotatable bonds is 14. The number of aromatic nitrogens is 12. The lowest BCUT2D eigenvalue weighted by molar-refractivity contribution is -0.142. The first-order valence-electron chi connectivity index (χ1n) is 22.6. The molecule has 0 bridgehead atoms. The minimum atomic E-state index is -4.52. The zero-order valence-electron chi connectivity index (χ0n) is 38.3. The van der Waals surface area contributed by atoms with Gasteiger partial charge in [-0.3, -0.25) is 29.5 Å². The van der Waals surface area contributed by atoms with Crippen LogP contribution < -0.4 is 20.6 Å². The minimum Gasteiger partial charge on any atom is -0.495 e. The molecule has 8 heterocycles. The van der Waals surface area contributed by atoms with E-state index in [2.05, 4.69) is 29.9 Å². The number of hydrogen-bond donors (Lipinski definition) is 2. The predicted molar refractivity (Wildman–Crippen MR) is 243 cm³/mol. The summed E-state index contributed by atoms with van der Waals surface area (Å²) in [5.74, 6) is 2.44. The molecule has 2 atom stereocenters. The van der Waals surface area contributed by atoms with Crippen LogP contribution >= 0.6 is 0 Å². The highest BCUT2D eigenvalue weighted by Crippen LogP contribution is 2.44. The van der Waals surface area contributed by atoms with Crippen molar-refractivity contribution in [1.29, 1.82) is 0 Å². The highest BCUT2D eigenvalue weighted by atomic mass is 19.4. The van der Waals surface area contributed by atoms with E-state index in [-0.39, 0.29) is 35.8 Å². The van der Waals surface area contributed by atoms with Gasteiger partial charge in [0.2, 0.25) is 0 Å². The number of methoxy groups -OCH3 is 2. The van der Waals surface area contributed by atoms with Crippen LogP contribution in [0.2, 0.25) is 0 Å². The summed E-state index contributed by atoms with van der Waals surface area (Å²) in [6.45, 7) is 3.81. The Balaban J connectivity index is 0.000000174. The SMILES string of the molecule is CC[C@@H](c1ccc(C(F)(F)F)nc1)n1nc(C2CC2)c2c(=O)[nH]c(Cc3ccc(OC)cn3)nc21.CC[C@H](c1ccc(C(F)(F)F)nc1)n1nc(C2CC2)c2c(=O)[nH]c(Cc3ccc(OC)cn3)nc21. The van der Waals surface area contributed by atoms with Gasteiger partial charge in [0.1, 0.15) is 45.3 Å². The normalized spacial score (nSPS) is 14.9. The Morgan fingerprint density at radius 1 is 0.586 bits per heavy atom. The molecule has 0 saturated heterocycles. The average Bonchev–Trinajstić information content (AvgIpc) is 4.29. The summed E-state index contributed by atoms with van der Waals surface area (Å²) >= 11 is 0. The second kappa shape index (κ2) is 19.1. The quantitative estimate of drug-likeness (QED) is 0.0984. The number of fused-ring (bicyclic) bond motifs is 2. The summed E-state index contributed by atoms with van der Waals surface area (Å²) in [6.07, 6.45) is 1.94. The number of halogens is 6. The summed E-state index contributed by atoms with van der Waals surface area (Å²) < 4.78 is 91.6. The first-order valence-corrected chi connectivity index (χ1v) is 22.6. The Morgan fingerprint density at radius 2 is 0.986 bits per heavy atom. The highest BCUT2D eigenvalue weighted by Gasteiger charge is 2.36. The summed E-state index contributed by atoms with van der Waals surface area (Å²) in [4.78, 5) is 57.3. The van der Waals surface area contributed by atoms with Gasteiger partial charge >= 0.3 is 12.4 Å². The number of alkyl halides is 6. The molecule has 0 spiro atoms. The summed E-state index contributed by atoms with van der Waals surface area (Å²) in [5, 5.41) is 10.4. The average molecular weight is 969 g/mol. The lowest BCUT2D eigenvalue weighted by Gasteiger charge is -2.17. The Labute approximate surface area is 394 Å². The van der Waals surface area contributed by atoms with Gasteiger partial charge in [-0.2, -0.15) is 36.5 Å². The van der Waals surface area contributed by atoms with Crippen LogP contribution in [0.5, 0.6) is 11.5 Å². The first kappa shape index (κ1) is 47.5. The number of pyridine rings is 4. The standard InChI is InChI=1S/2C24H23F3N6O2/c2*1-3-17(14-6-9-18(29-11-14)24(25,26)27)33-22-20(21(32-33)13-4-5-13)23(34)31-19(30-22)10-15-7-8-16(35-2)12-28-15/h2*6-9,11-13,17H,3-5,10H2,1-2H3,(H,30,31,34)/t2*17-/m10/s1.